The second-order valence-electron chi connectivity index (χ2n) is 20.5. The molecule has 6 fully saturated rings. The van der Waals surface area contributed by atoms with Gasteiger partial charge in [0, 0.05) is 17.8 Å². The van der Waals surface area contributed by atoms with Crippen LogP contribution < -0.4 is 0 Å². The molecule has 6 rings (SSSR count). The van der Waals surface area contributed by atoms with Crippen molar-refractivity contribution >= 4 is 52.0 Å². The highest BCUT2D eigenvalue weighted by atomic mass is 32.3. The molecule has 6 heterocycles. The van der Waals surface area contributed by atoms with E-state index in [1.54, 1.807) is 0 Å². The third-order valence-electron chi connectivity index (χ3n) is 14.5. The van der Waals surface area contributed by atoms with Gasteiger partial charge in [0.05, 0.1) is 70.7 Å². The zero-order valence-corrected chi connectivity index (χ0v) is 49.1. The molecule has 44 nitrogen and oxygen atoms in total. The van der Waals surface area contributed by atoms with Crippen molar-refractivity contribution in [3.05, 3.63) is 0 Å². The maximum Gasteiger partial charge on any atom is 0.397 e. The minimum Gasteiger partial charge on any atom is -0.394 e. The summed E-state index contributed by atoms with van der Waals surface area (Å²) in [6.07, 6.45) is -57.2. The van der Waals surface area contributed by atoms with Gasteiger partial charge in [-0.2, -0.15) is 42.1 Å². The number of aliphatic hydroxyl groups excluding tert-OH is 13. The summed E-state index contributed by atoms with van der Waals surface area (Å²) >= 11 is 0. The summed E-state index contributed by atoms with van der Waals surface area (Å²) in [6.45, 7) is -5.12. The quantitative estimate of drug-likeness (QED) is 0.0340. The molecule has 88 heavy (non-hydrogen) atoms. The number of hydrogen-bond donors (Lipinski definition) is 18. The third-order valence-corrected chi connectivity index (χ3v) is 16.8. The minimum atomic E-state index is -5.65. The van der Waals surface area contributed by atoms with E-state index in [-0.39, 0.29) is 0 Å². The maximum absolute atomic E-state index is 12.1. The molecule has 0 bridgehead atoms. The Hall–Kier alpha value is -1.61. The first-order valence-electron chi connectivity index (χ1n) is 25.5. The Labute approximate surface area is 498 Å². The Kier molecular flexibility index (Phi) is 26.1. The topological polar surface area (TPSA) is 683 Å². The highest BCUT2D eigenvalue weighted by molar-refractivity contribution is 7.81. The Morgan fingerprint density at radius 2 is 0.602 bits per heavy atom. The lowest BCUT2D eigenvalue weighted by Gasteiger charge is -2.46. The standard InChI is InChI=1S/C39H68O44S5/c1-10-12(5-68-37-26(49)31(81-86(59,60)61)19(42)11(2)74-37)29(79-84(53,54)55)25(48)36(73-10)70-7-14-20(43)15(3-40)76-35(21(14)44)69-6-13-17(75-34(52)24(47)30(13)80-85(56,57)58)8-71-39-28(51)33(83-88(65,66)67)23(46)18(78-39)9-72-38-27(50)32(82-87(62,63)64)22(45)16(4-41)77-38/h10-52H,3-9H2,1-2H3,(H,53,54,55)(H,56,57,58)(H,59,60,61)(H,62,63,64)(H,65,66,67)/t10?,11?,12-,13+,14?,15?,16?,17?,18?,19-,20-,21?,22+,23+,24?,25?,26?,27?,28?,29?,30?,31?,32?,33?,34?,35-,36-,37-,38-,39-/m1/s1. The summed E-state index contributed by atoms with van der Waals surface area (Å²) in [5.74, 6) is -5.19. The molecular weight excluding hydrogens is 1330 g/mol. The van der Waals surface area contributed by atoms with Gasteiger partial charge in [0.25, 0.3) is 0 Å². The summed E-state index contributed by atoms with van der Waals surface area (Å²) in [4.78, 5) is 0. The average Bonchev–Trinajstić information content (AvgIpc) is 2.26. The van der Waals surface area contributed by atoms with Gasteiger partial charge in [-0.1, -0.05) is 0 Å². The Balaban J connectivity index is 1.18. The van der Waals surface area contributed by atoms with Crippen LogP contribution in [0, 0.1) is 17.8 Å². The lowest BCUT2D eigenvalue weighted by Crippen LogP contribution is -2.63. The number of aliphatic hydroxyl groups is 13. The van der Waals surface area contributed by atoms with Crippen molar-refractivity contribution in [2.24, 2.45) is 17.8 Å². The summed E-state index contributed by atoms with van der Waals surface area (Å²) in [5.41, 5.74) is 0. The van der Waals surface area contributed by atoms with Crippen molar-refractivity contribution in [3.63, 3.8) is 0 Å². The molecule has 0 amide bonds. The number of rotatable bonds is 27. The molecule has 0 aromatic heterocycles. The van der Waals surface area contributed by atoms with Crippen LogP contribution in [0.4, 0.5) is 0 Å². The van der Waals surface area contributed by atoms with Crippen molar-refractivity contribution in [3.8, 4) is 0 Å². The van der Waals surface area contributed by atoms with Gasteiger partial charge in [-0.3, -0.25) is 22.8 Å². The van der Waals surface area contributed by atoms with E-state index in [2.05, 4.69) is 16.7 Å². The number of ether oxygens (including phenoxy) is 11. The predicted octanol–water partition coefficient (Wildman–Crippen LogP) is -12.2. The Morgan fingerprint density at radius 3 is 1.05 bits per heavy atom. The van der Waals surface area contributed by atoms with Crippen LogP contribution in [0.2, 0.25) is 0 Å². The van der Waals surface area contributed by atoms with Crippen LogP contribution in [0.25, 0.3) is 0 Å². The van der Waals surface area contributed by atoms with Gasteiger partial charge in [0.2, 0.25) is 0 Å². The molecule has 0 spiro atoms. The molecule has 0 aromatic carbocycles. The molecule has 6 aliphatic heterocycles. The lowest BCUT2D eigenvalue weighted by molar-refractivity contribution is -0.340. The van der Waals surface area contributed by atoms with Crippen LogP contribution in [-0.4, -0.2) is 343 Å². The van der Waals surface area contributed by atoms with Gasteiger partial charge >= 0.3 is 52.0 Å². The molecule has 19 unspecified atom stereocenters. The largest absolute Gasteiger partial charge is 0.397 e. The molecule has 0 aliphatic carbocycles. The molecule has 49 heteroatoms. The van der Waals surface area contributed by atoms with Crippen LogP contribution in [-0.2, 0) is 125 Å². The molecule has 6 aliphatic rings. The Bertz CT molecular complexity index is 2820. The van der Waals surface area contributed by atoms with Gasteiger partial charge in [0.1, 0.15) is 104 Å². The second kappa shape index (κ2) is 30.4. The third kappa shape index (κ3) is 19.7. The van der Waals surface area contributed by atoms with E-state index in [1.807, 2.05) is 0 Å². The van der Waals surface area contributed by atoms with Crippen LogP contribution in [0.3, 0.4) is 0 Å². The predicted molar refractivity (Wildman–Crippen MR) is 262 cm³/mol. The summed E-state index contributed by atoms with van der Waals surface area (Å²) in [7, 11) is -27.5. The molecule has 18 N–H and O–H groups in total. The van der Waals surface area contributed by atoms with E-state index in [4.69, 9.17) is 60.8 Å². The Morgan fingerprint density at radius 1 is 0.295 bits per heavy atom. The smallest absolute Gasteiger partial charge is 0.394 e. The fraction of sp³-hybridized carbons (Fsp3) is 1.00. The second-order valence-corrected chi connectivity index (χ2v) is 25.7. The van der Waals surface area contributed by atoms with E-state index in [0.717, 1.165) is 0 Å². The molecule has 0 radical (unpaired) electrons. The first-order valence-corrected chi connectivity index (χ1v) is 32.4. The minimum absolute atomic E-state index is 0.842. The molecule has 6 saturated heterocycles. The van der Waals surface area contributed by atoms with Crippen LogP contribution >= 0.6 is 0 Å². The van der Waals surface area contributed by atoms with Crippen molar-refractivity contribution in [2.45, 2.75) is 180 Å². The van der Waals surface area contributed by atoms with E-state index < -0.39 is 282 Å². The summed E-state index contributed by atoms with van der Waals surface area (Å²) in [6, 6.07) is 0. The van der Waals surface area contributed by atoms with E-state index in [1.165, 1.54) is 13.8 Å². The maximum atomic E-state index is 12.1. The highest BCUT2D eigenvalue weighted by Crippen LogP contribution is 2.37. The monoisotopic (exact) mass is 1400 g/mol. The first kappa shape index (κ1) is 75.4. The first-order chi connectivity index (χ1) is 40.5. The van der Waals surface area contributed by atoms with Crippen LogP contribution in [0.15, 0.2) is 0 Å². The summed E-state index contributed by atoms with van der Waals surface area (Å²) in [5, 5.41) is 140. The van der Waals surface area contributed by atoms with E-state index in [9.17, 15) is 127 Å². The molecule has 518 valence electrons. The lowest BCUT2D eigenvalue weighted by atomic mass is 9.88. The van der Waals surface area contributed by atoms with Crippen LogP contribution in [0.1, 0.15) is 13.8 Å². The molecule has 0 aromatic rings. The van der Waals surface area contributed by atoms with E-state index >= 15 is 0 Å². The van der Waals surface area contributed by atoms with Gasteiger partial charge in [0.15, 0.2) is 37.7 Å². The van der Waals surface area contributed by atoms with Gasteiger partial charge in [-0.05, 0) is 13.8 Å². The van der Waals surface area contributed by atoms with Crippen molar-refractivity contribution in [1.82, 2.24) is 0 Å². The van der Waals surface area contributed by atoms with Gasteiger partial charge < -0.3 is 118 Å². The van der Waals surface area contributed by atoms with E-state index in [0.29, 0.717) is 0 Å². The molecule has 30 atom stereocenters. The van der Waals surface area contributed by atoms with Crippen molar-refractivity contribution in [1.29, 1.82) is 0 Å². The number of hydrogen-bond acceptors (Lipinski definition) is 39. The molecule has 0 saturated carbocycles. The van der Waals surface area contributed by atoms with Crippen LogP contribution in [0.5, 0.6) is 0 Å². The summed E-state index contributed by atoms with van der Waals surface area (Å²) < 4.78 is 248. The zero-order valence-electron chi connectivity index (χ0n) is 45.0. The fourth-order valence-corrected chi connectivity index (χ4v) is 12.7. The normalized spacial score (nSPS) is 44.4. The highest BCUT2D eigenvalue weighted by Gasteiger charge is 2.56. The van der Waals surface area contributed by atoms with Gasteiger partial charge in [-0.25, -0.2) is 20.9 Å². The van der Waals surface area contributed by atoms with Gasteiger partial charge in [-0.15, -0.1) is 0 Å². The zero-order chi connectivity index (χ0) is 66.1. The van der Waals surface area contributed by atoms with Crippen molar-refractivity contribution in [2.75, 3.05) is 46.2 Å². The molecular formula is C39H68O44S5. The average molecular weight is 1400 g/mol. The SMILES string of the molecule is CC1O[C@@H](OC[C@@H]2C(C)O[C@@H](OCC3C(O)[C@H](OC[C@H]4C(CO[C@@H]5OC(CO[C@@H]6OC(CO)[C@H](O)C(OS(=O)(=O)O)C6O)[C@H](O)C(OS(=O)(=O)O)C5O)OC(O)C(O)C4OS(=O)(=O)O)OC(CO)[C@@H]3O)C(O)C2OS(=O)(=O)O)C(O)C(OS(=O)(=O)O)[C@@H]1O. The van der Waals surface area contributed by atoms with Crippen molar-refractivity contribution < 1.29 is 204 Å². The fourth-order valence-electron chi connectivity index (χ4n) is 10.1.